The molecule has 5 rings (SSSR count). The van der Waals surface area contributed by atoms with E-state index in [1.54, 1.807) is 12.3 Å². The molecule has 2 aliphatic heterocycles. The van der Waals surface area contributed by atoms with Crippen LogP contribution in [-0.4, -0.2) is 79.1 Å². The van der Waals surface area contributed by atoms with E-state index in [-0.39, 0.29) is 45.0 Å². The van der Waals surface area contributed by atoms with Crippen LogP contribution >= 0.6 is 0 Å². The van der Waals surface area contributed by atoms with E-state index in [0.29, 0.717) is 29.8 Å². The van der Waals surface area contributed by atoms with Gasteiger partial charge in [0.25, 0.3) is 16.1 Å². The second-order valence-electron chi connectivity index (χ2n) is 8.83. The standard InChI is InChI=1S/C23H26F2N6O4S/c24-23(25)5-9-30(10-6-23)17-3-1-16(2-4-17)19-13-20-21(28-8-7-27-20)22(29-19)35-15-18-14-31(11-12-34-18)36(26,32)33/h1-4,7-8,13,18H,5-6,9-12,14-15H2,(H2,26,32,33)/t18-/m0/s1. The van der Waals surface area contributed by atoms with Gasteiger partial charge in [-0.15, -0.1) is 0 Å². The molecule has 2 saturated heterocycles. The van der Waals surface area contributed by atoms with Gasteiger partial charge < -0.3 is 14.4 Å². The molecule has 0 spiro atoms. The van der Waals surface area contributed by atoms with E-state index in [0.717, 1.165) is 15.6 Å². The Balaban J connectivity index is 1.35. The first-order valence-electron chi connectivity index (χ1n) is 11.6. The number of hydrogen-bond acceptors (Lipinski definition) is 8. The van der Waals surface area contributed by atoms with Gasteiger partial charge in [0.1, 0.15) is 12.7 Å². The van der Waals surface area contributed by atoms with Gasteiger partial charge in [0.2, 0.25) is 5.88 Å². The third-order valence-electron chi connectivity index (χ3n) is 6.32. The minimum atomic E-state index is -3.82. The Labute approximate surface area is 207 Å². The number of ether oxygens (including phenoxy) is 2. The van der Waals surface area contributed by atoms with Crippen LogP contribution in [0.1, 0.15) is 12.8 Å². The molecule has 0 bridgehead atoms. The lowest BCUT2D eigenvalue weighted by atomic mass is 10.0. The zero-order chi connectivity index (χ0) is 25.3. The summed E-state index contributed by atoms with van der Waals surface area (Å²) in [6.07, 6.45) is 2.28. The van der Waals surface area contributed by atoms with Crippen molar-refractivity contribution in [2.75, 3.05) is 44.3 Å². The van der Waals surface area contributed by atoms with Gasteiger partial charge in [0.05, 0.1) is 17.8 Å². The topological polar surface area (TPSA) is 124 Å². The van der Waals surface area contributed by atoms with E-state index >= 15 is 0 Å². The fourth-order valence-electron chi connectivity index (χ4n) is 4.32. The highest BCUT2D eigenvalue weighted by molar-refractivity contribution is 7.86. The summed E-state index contributed by atoms with van der Waals surface area (Å²) < 4.78 is 63.1. The quantitative estimate of drug-likeness (QED) is 0.525. The molecule has 13 heteroatoms. The van der Waals surface area contributed by atoms with Gasteiger partial charge >= 0.3 is 0 Å². The highest BCUT2D eigenvalue weighted by Gasteiger charge is 2.34. The molecule has 0 amide bonds. The summed E-state index contributed by atoms with van der Waals surface area (Å²) >= 11 is 0. The number of fused-ring (bicyclic) bond motifs is 1. The third-order valence-corrected chi connectivity index (χ3v) is 7.37. The number of anilines is 1. The molecule has 10 nitrogen and oxygen atoms in total. The Hall–Kier alpha value is -3.00. The smallest absolute Gasteiger partial charge is 0.277 e. The summed E-state index contributed by atoms with van der Waals surface area (Å²) in [6.45, 7) is 1.13. The highest BCUT2D eigenvalue weighted by atomic mass is 32.2. The molecule has 0 radical (unpaired) electrons. The number of hydrogen-bond donors (Lipinski definition) is 1. The van der Waals surface area contributed by atoms with E-state index in [9.17, 15) is 17.2 Å². The predicted molar refractivity (Wildman–Crippen MR) is 129 cm³/mol. The number of morpholine rings is 1. The maximum atomic E-state index is 13.5. The van der Waals surface area contributed by atoms with Crippen LogP contribution in [0, 0.1) is 0 Å². The molecule has 2 aliphatic rings. The summed E-state index contributed by atoms with van der Waals surface area (Å²) in [4.78, 5) is 15.3. The molecule has 1 aromatic carbocycles. The van der Waals surface area contributed by atoms with Crippen molar-refractivity contribution in [3.8, 4) is 17.1 Å². The van der Waals surface area contributed by atoms with Gasteiger partial charge in [-0.1, -0.05) is 12.1 Å². The van der Waals surface area contributed by atoms with E-state index < -0.39 is 22.2 Å². The molecule has 0 saturated carbocycles. The van der Waals surface area contributed by atoms with Crippen molar-refractivity contribution in [3.05, 3.63) is 42.7 Å². The number of alkyl halides is 2. The second-order valence-corrected chi connectivity index (χ2v) is 10.4. The number of piperidine rings is 1. The average Bonchev–Trinajstić information content (AvgIpc) is 2.87. The Morgan fingerprint density at radius 1 is 1.11 bits per heavy atom. The normalized spacial score (nSPS) is 21.0. The van der Waals surface area contributed by atoms with E-state index in [1.807, 2.05) is 29.2 Å². The van der Waals surface area contributed by atoms with Gasteiger partial charge in [-0.2, -0.15) is 12.7 Å². The summed E-state index contributed by atoms with van der Waals surface area (Å²) in [7, 11) is -3.82. The second kappa shape index (κ2) is 9.81. The maximum Gasteiger partial charge on any atom is 0.277 e. The van der Waals surface area contributed by atoms with Crippen molar-refractivity contribution in [1.82, 2.24) is 19.3 Å². The van der Waals surface area contributed by atoms with Crippen molar-refractivity contribution in [2.45, 2.75) is 24.9 Å². The largest absolute Gasteiger partial charge is 0.473 e. The zero-order valence-corrected chi connectivity index (χ0v) is 20.2. The van der Waals surface area contributed by atoms with Gasteiger partial charge in [-0.3, -0.25) is 4.98 Å². The van der Waals surface area contributed by atoms with Crippen molar-refractivity contribution < 1.29 is 26.7 Å². The molecule has 2 N–H and O–H groups in total. The molecule has 36 heavy (non-hydrogen) atoms. The highest BCUT2D eigenvalue weighted by Crippen LogP contribution is 2.32. The van der Waals surface area contributed by atoms with Crippen LogP contribution < -0.4 is 14.8 Å². The summed E-state index contributed by atoms with van der Waals surface area (Å²) in [6, 6.07) is 9.33. The van der Waals surface area contributed by atoms with E-state index in [2.05, 4.69) is 15.0 Å². The molecule has 192 valence electrons. The van der Waals surface area contributed by atoms with Crippen LogP contribution in [0.5, 0.6) is 5.88 Å². The Morgan fingerprint density at radius 3 is 2.56 bits per heavy atom. The number of aromatic nitrogens is 3. The minimum absolute atomic E-state index is 0.0483. The van der Waals surface area contributed by atoms with Gasteiger partial charge in [-0.05, 0) is 18.2 Å². The third kappa shape index (κ3) is 5.53. The number of rotatable bonds is 6. The first-order valence-corrected chi connectivity index (χ1v) is 13.1. The number of pyridine rings is 1. The van der Waals surface area contributed by atoms with E-state index in [4.69, 9.17) is 14.6 Å². The fraction of sp³-hybridized carbons (Fsp3) is 0.435. The molecular weight excluding hydrogens is 494 g/mol. The molecule has 4 heterocycles. The molecule has 0 aliphatic carbocycles. The Morgan fingerprint density at radius 2 is 1.83 bits per heavy atom. The Kier molecular flexibility index (Phi) is 6.72. The van der Waals surface area contributed by atoms with Crippen molar-refractivity contribution in [2.24, 2.45) is 5.14 Å². The number of nitrogens with two attached hydrogens (primary N) is 1. The number of nitrogens with zero attached hydrogens (tertiary/aromatic N) is 5. The zero-order valence-electron chi connectivity index (χ0n) is 19.4. The SMILES string of the molecule is NS(=O)(=O)N1CCO[C@H](COc2nc(-c3ccc(N4CCC(F)(F)CC4)cc3)cc3nccnc23)C1. The monoisotopic (exact) mass is 520 g/mol. The summed E-state index contributed by atoms with van der Waals surface area (Å²) in [5, 5.41) is 5.24. The van der Waals surface area contributed by atoms with Crippen LogP contribution in [0.15, 0.2) is 42.7 Å². The number of halogens is 2. The van der Waals surface area contributed by atoms with Crippen LogP contribution in [0.3, 0.4) is 0 Å². The van der Waals surface area contributed by atoms with Crippen molar-refractivity contribution in [3.63, 3.8) is 0 Å². The van der Waals surface area contributed by atoms with Crippen molar-refractivity contribution >= 4 is 26.9 Å². The fourth-order valence-corrected chi connectivity index (χ4v) is 5.03. The van der Waals surface area contributed by atoms with E-state index in [1.165, 1.54) is 6.20 Å². The lowest BCUT2D eigenvalue weighted by molar-refractivity contribution is -0.0254. The maximum absolute atomic E-state index is 13.5. The molecule has 3 aromatic rings. The van der Waals surface area contributed by atoms with Crippen LogP contribution in [0.4, 0.5) is 14.5 Å². The lowest BCUT2D eigenvalue weighted by Crippen LogP contribution is -2.49. The lowest BCUT2D eigenvalue weighted by Gasteiger charge is -2.33. The Bertz CT molecular complexity index is 1330. The molecular formula is C23H26F2N6O4S. The summed E-state index contributed by atoms with van der Waals surface area (Å²) in [5.41, 5.74) is 3.32. The molecule has 2 fully saturated rings. The van der Waals surface area contributed by atoms with Gasteiger partial charge in [0, 0.05) is 62.7 Å². The van der Waals surface area contributed by atoms with Gasteiger partial charge in [0.15, 0.2) is 5.52 Å². The minimum Gasteiger partial charge on any atom is -0.473 e. The predicted octanol–water partition coefficient (Wildman–Crippen LogP) is 2.21. The first kappa shape index (κ1) is 24.7. The molecule has 2 aromatic heterocycles. The molecule has 1 atom stereocenters. The number of benzene rings is 1. The van der Waals surface area contributed by atoms with Crippen LogP contribution in [0.25, 0.3) is 22.3 Å². The summed E-state index contributed by atoms with van der Waals surface area (Å²) in [5.74, 6) is -2.35. The van der Waals surface area contributed by atoms with Crippen LogP contribution in [-0.2, 0) is 14.9 Å². The first-order chi connectivity index (χ1) is 17.2. The average molecular weight is 521 g/mol. The van der Waals surface area contributed by atoms with Crippen molar-refractivity contribution in [1.29, 1.82) is 0 Å². The van der Waals surface area contributed by atoms with Crippen LogP contribution in [0.2, 0.25) is 0 Å². The van der Waals surface area contributed by atoms with Gasteiger partial charge in [-0.25, -0.2) is 23.9 Å². The molecule has 0 unspecified atom stereocenters.